The van der Waals surface area contributed by atoms with Gasteiger partial charge in [-0.15, -0.1) is 0 Å². The van der Waals surface area contributed by atoms with Crippen LogP contribution in [0.5, 0.6) is 5.75 Å². The number of pyridine rings is 2. The van der Waals surface area contributed by atoms with E-state index in [-0.39, 0.29) is 11.2 Å². The summed E-state index contributed by atoms with van der Waals surface area (Å²) in [4.78, 5) is 15.0. The van der Waals surface area contributed by atoms with E-state index in [9.17, 15) is 5.11 Å². The summed E-state index contributed by atoms with van der Waals surface area (Å²) < 4.78 is 2.12. The van der Waals surface area contributed by atoms with Crippen LogP contribution in [0.25, 0.3) is 61.8 Å². The van der Waals surface area contributed by atoms with Crippen molar-refractivity contribution in [3.8, 4) is 56.5 Å². The molecule has 3 heterocycles. The molecule has 0 atom stereocenters. The van der Waals surface area contributed by atoms with Crippen LogP contribution in [0.15, 0.2) is 116 Å². The molecule has 5 heteroatoms. The van der Waals surface area contributed by atoms with E-state index < -0.39 is 0 Å². The van der Waals surface area contributed by atoms with E-state index in [2.05, 4.69) is 88.6 Å². The van der Waals surface area contributed by atoms with E-state index in [4.69, 9.17) is 15.0 Å². The van der Waals surface area contributed by atoms with Crippen molar-refractivity contribution in [1.29, 1.82) is 0 Å². The van der Waals surface area contributed by atoms with Crippen molar-refractivity contribution < 1.29 is 5.11 Å². The van der Waals surface area contributed by atoms with Crippen molar-refractivity contribution in [2.45, 2.75) is 47.0 Å². The van der Waals surface area contributed by atoms with Gasteiger partial charge in [-0.25, -0.2) is 4.98 Å². The van der Waals surface area contributed by atoms with Crippen LogP contribution in [-0.2, 0) is 5.41 Å². The minimum absolute atomic E-state index is 0.242. The van der Waals surface area contributed by atoms with E-state index in [1.165, 1.54) is 22.3 Å². The Balaban J connectivity index is 1.53. The molecule has 0 saturated heterocycles. The van der Waals surface area contributed by atoms with Gasteiger partial charge in [0.25, 0.3) is 0 Å². The number of benzene rings is 4. The first kappa shape index (κ1) is 30.1. The largest absolute Gasteiger partial charge is 0.507 e. The molecule has 5 nitrogen and oxygen atoms in total. The summed E-state index contributed by atoms with van der Waals surface area (Å²) >= 11 is 0. The first-order chi connectivity index (χ1) is 22.6. The van der Waals surface area contributed by atoms with Crippen LogP contribution in [0.1, 0.15) is 43.0 Å². The second kappa shape index (κ2) is 11.7. The summed E-state index contributed by atoms with van der Waals surface area (Å²) in [6.45, 7) is 12.8. The minimum atomic E-state index is -0.245. The van der Waals surface area contributed by atoms with Gasteiger partial charge in [0.1, 0.15) is 17.1 Å². The summed E-state index contributed by atoms with van der Waals surface area (Å²) in [7, 11) is 0. The quantitative estimate of drug-likeness (QED) is 0.210. The maximum atomic E-state index is 11.7. The number of aromatic nitrogens is 4. The van der Waals surface area contributed by atoms with E-state index in [1.54, 1.807) is 0 Å². The van der Waals surface area contributed by atoms with Crippen LogP contribution in [0.3, 0.4) is 0 Å². The molecule has 0 unspecified atom stereocenters. The second-order valence-corrected chi connectivity index (χ2v) is 13.4. The number of aryl methyl sites for hydroxylation is 3. The molecule has 3 aromatic heterocycles. The molecule has 0 spiro atoms. The van der Waals surface area contributed by atoms with Crippen molar-refractivity contribution >= 4 is 11.0 Å². The third kappa shape index (κ3) is 5.48. The molecule has 0 aliphatic carbocycles. The Labute approximate surface area is 276 Å². The molecule has 1 N–H and O–H groups in total. The van der Waals surface area contributed by atoms with Crippen LogP contribution < -0.4 is 0 Å². The molecule has 0 amide bonds. The Morgan fingerprint density at radius 1 is 0.660 bits per heavy atom. The second-order valence-electron chi connectivity index (χ2n) is 13.4. The van der Waals surface area contributed by atoms with Crippen molar-refractivity contribution in [1.82, 2.24) is 19.5 Å². The third-order valence-electron chi connectivity index (χ3n) is 8.81. The number of fused-ring (bicyclic) bond motifs is 1. The first-order valence-electron chi connectivity index (χ1n) is 16.0. The molecule has 0 radical (unpaired) electrons. The Morgan fingerprint density at radius 3 is 2.06 bits per heavy atom. The zero-order valence-corrected chi connectivity index (χ0v) is 27.7. The van der Waals surface area contributed by atoms with Gasteiger partial charge in [0, 0.05) is 29.2 Å². The Bertz CT molecular complexity index is 2240. The Hall–Kier alpha value is -5.55. The zero-order valence-electron chi connectivity index (χ0n) is 27.7. The molecule has 47 heavy (non-hydrogen) atoms. The SMILES string of the molecule is Cc1cc(C)c(-c2cc(-c3ccccn3)cc(-c3nccc4c3nc(-c3cccc(C(C)(C)C)c3O)n4-c3ccccc3)c2)c(C)c1. The van der Waals surface area contributed by atoms with E-state index in [0.717, 1.165) is 50.4 Å². The molecule has 0 aliphatic rings. The van der Waals surface area contributed by atoms with Gasteiger partial charge in [-0.2, -0.15) is 0 Å². The standard InChI is InChI=1S/C42H38N4O/c1-26-21-27(2)37(28(3)22-26)30-23-29(35-17-10-11-19-43-35)24-31(25-30)38-39-36(18-20-44-38)46(32-13-8-7-9-14-32)41(45-39)33-15-12-16-34(40(33)47)42(4,5)6/h7-25,47H,1-6H3. The van der Waals surface area contributed by atoms with Crippen LogP contribution >= 0.6 is 0 Å². The van der Waals surface area contributed by atoms with Gasteiger partial charge >= 0.3 is 0 Å². The lowest BCUT2D eigenvalue weighted by molar-refractivity contribution is 0.448. The predicted octanol–water partition coefficient (Wildman–Crippen LogP) is 10.4. The molecule has 0 bridgehead atoms. The van der Waals surface area contributed by atoms with Crippen LogP contribution in [0, 0.1) is 20.8 Å². The van der Waals surface area contributed by atoms with Crippen LogP contribution in [-0.4, -0.2) is 24.6 Å². The number of hydrogen-bond acceptors (Lipinski definition) is 4. The fourth-order valence-corrected chi connectivity index (χ4v) is 6.79. The summed E-state index contributed by atoms with van der Waals surface area (Å²) in [5.74, 6) is 0.905. The molecule has 4 aromatic carbocycles. The third-order valence-corrected chi connectivity index (χ3v) is 8.81. The Morgan fingerprint density at radius 2 is 1.36 bits per heavy atom. The Kier molecular flexibility index (Phi) is 7.48. The van der Waals surface area contributed by atoms with E-state index >= 15 is 0 Å². The minimum Gasteiger partial charge on any atom is -0.507 e. The summed E-state index contributed by atoms with van der Waals surface area (Å²) in [6, 6.07) is 35.2. The predicted molar refractivity (Wildman–Crippen MR) is 193 cm³/mol. The van der Waals surface area contributed by atoms with Gasteiger partial charge in [-0.3, -0.25) is 14.5 Å². The summed E-state index contributed by atoms with van der Waals surface area (Å²) in [6.07, 6.45) is 3.68. The molecule has 232 valence electrons. The molecule has 7 aromatic rings. The van der Waals surface area contributed by atoms with Gasteiger partial charge in [0.2, 0.25) is 0 Å². The van der Waals surface area contributed by atoms with Crippen molar-refractivity contribution in [2.75, 3.05) is 0 Å². The average molecular weight is 615 g/mol. The van der Waals surface area contributed by atoms with Crippen molar-refractivity contribution in [2.24, 2.45) is 0 Å². The number of phenols is 1. The van der Waals surface area contributed by atoms with Gasteiger partial charge in [0.05, 0.1) is 22.5 Å². The lowest BCUT2D eigenvalue weighted by atomic mass is 9.85. The van der Waals surface area contributed by atoms with Gasteiger partial charge in [-0.1, -0.05) is 74.9 Å². The summed E-state index contributed by atoms with van der Waals surface area (Å²) in [5, 5.41) is 11.7. The average Bonchev–Trinajstić information content (AvgIpc) is 3.44. The van der Waals surface area contributed by atoms with E-state index in [1.807, 2.05) is 73.1 Å². The van der Waals surface area contributed by atoms with Crippen LogP contribution in [0.2, 0.25) is 0 Å². The fourth-order valence-electron chi connectivity index (χ4n) is 6.79. The number of phenolic OH excluding ortho intramolecular Hbond substituents is 1. The summed E-state index contributed by atoms with van der Waals surface area (Å²) in [5.41, 5.74) is 13.6. The van der Waals surface area contributed by atoms with Gasteiger partial charge in [0.15, 0.2) is 0 Å². The molecule has 0 fully saturated rings. The maximum absolute atomic E-state index is 11.7. The monoisotopic (exact) mass is 614 g/mol. The molecule has 7 rings (SSSR count). The lowest BCUT2D eigenvalue weighted by Crippen LogP contribution is -2.11. The van der Waals surface area contributed by atoms with Crippen molar-refractivity contribution in [3.63, 3.8) is 0 Å². The smallest absolute Gasteiger partial charge is 0.149 e. The number of rotatable bonds is 5. The van der Waals surface area contributed by atoms with Crippen molar-refractivity contribution in [3.05, 3.63) is 138 Å². The highest BCUT2D eigenvalue weighted by molar-refractivity contribution is 5.96. The topological polar surface area (TPSA) is 63.8 Å². The number of hydrogen-bond donors (Lipinski definition) is 1. The highest BCUT2D eigenvalue weighted by Gasteiger charge is 2.25. The highest BCUT2D eigenvalue weighted by Crippen LogP contribution is 2.42. The van der Waals surface area contributed by atoms with E-state index in [0.29, 0.717) is 11.4 Å². The number of para-hydroxylation sites is 2. The molecular weight excluding hydrogens is 576 g/mol. The number of aromatic hydroxyl groups is 1. The maximum Gasteiger partial charge on any atom is 0.149 e. The molecular formula is C42H38N4O. The lowest BCUT2D eigenvalue weighted by Gasteiger charge is -2.22. The fraction of sp³-hybridized carbons (Fsp3) is 0.167. The van der Waals surface area contributed by atoms with Crippen LogP contribution in [0.4, 0.5) is 0 Å². The highest BCUT2D eigenvalue weighted by atomic mass is 16.3. The zero-order chi connectivity index (χ0) is 32.9. The van der Waals surface area contributed by atoms with Gasteiger partial charge < -0.3 is 5.11 Å². The number of nitrogens with zero attached hydrogens (tertiary/aromatic N) is 4. The molecule has 0 aliphatic heterocycles. The van der Waals surface area contributed by atoms with Gasteiger partial charge in [-0.05, 0) is 109 Å². The first-order valence-corrected chi connectivity index (χ1v) is 16.0. The number of imidazole rings is 1. The normalized spacial score (nSPS) is 11.7. The molecule has 0 saturated carbocycles.